The van der Waals surface area contributed by atoms with Crippen LogP contribution in [0.15, 0.2) is 24.3 Å². The zero-order valence-corrected chi connectivity index (χ0v) is 15.5. The lowest BCUT2D eigenvalue weighted by atomic mass is 9.86. The van der Waals surface area contributed by atoms with Crippen LogP contribution in [0, 0.1) is 27.7 Å². The van der Waals surface area contributed by atoms with E-state index in [9.17, 15) is 0 Å². The summed E-state index contributed by atoms with van der Waals surface area (Å²) in [4.78, 5) is 0. The van der Waals surface area contributed by atoms with Crippen molar-refractivity contribution in [3.8, 4) is 11.1 Å². The lowest BCUT2D eigenvalue weighted by molar-refractivity contribution is 0.853. The molecule has 0 nitrogen and oxygen atoms in total. The SMILES string of the molecule is Cc1cc(C)c(C(C)C)cc1-c1cc(C(C)C)c(C)cc1C. The minimum Gasteiger partial charge on any atom is -0.0587 e. The van der Waals surface area contributed by atoms with Gasteiger partial charge in [-0.25, -0.2) is 0 Å². The molecular formula is C22H30. The number of hydrogen-bond acceptors (Lipinski definition) is 0. The molecule has 0 radical (unpaired) electrons. The first kappa shape index (κ1) is 16.8. The summed E-state index contributed by atoms with van der Waals surface area (Å²) in [6, 6.07) is 9.52. The fourth-order valence-corrected chi connectivity index (χ4v) is 3.56. The van der Waals surface area contributed by atoms with Crippen molar-refractivity contribution in [1.82, 2.24) is 0 Å². The number of rotatable bonds is 3. The average Bonchev–Trinajstić information content (AvgIpc) is 2.39. The van der Waals surface area contributed by atoms with Crippen LogP contribution < -0.4 is 0 Å². The molecule has 0 aliphatic carbocycles. The first-order valence-corrected chi connectivity index (χ1v) is 8.45. The minimum absolute atomic E-state index is 0.565. The summed E-state index contributed by atoms with van der Waals surface area (Å²) < 4.78 is 0. The fraction of sp³-hybridized carbons (Fsp3) is 0.455. The lowest BCUT2D eigenvalue weighted by Gasteiger charge is -2.19. The first-order valence-electron chi connectivity index (χ1n) is 8.45. The van der Waals surface area contributed by atoms with E-state index in [2.05, 4.69) is 79.7 Å². The van der Waals surface area contributed by atoms with E-state index < -0.39 is 0 Å². The third kappa shape index (κ3) is 3.11. The maximum atomic E-state index is 2.41. The lowest BCUT2D eigenvalue weighted by Crippen LogP contribution is -1.99. The Kier molecular flexibility index (Phi) is 4.80. The smallest absolute Gasteiger partial charge is 0.0149 e. The van der Waals surface area contributed by atoms with Crippen molar-refractivity contribution < 1.29 is 0 Å². The molecule has 0 saturated heterocycles. The molecule has 2 aromatic rings. The van der Waals surface area contributed by atoms with Crippen molar-refractivity contribution in [3.05, 3.63) is 57.6 Å². The Morgan fingerprint density at radius 2 is 0.818 bits per heavy atom. The Labute approximate surface area is 136 Å². The molecule has 0 aliphatic heterocycles. The van der Waals surface area contributed by atoms with Crippen LogP contribution in [0.1, 0.15) is 72.9 Å². The molecular weight excluding hydrogens is 264 g/mol. The standard InChI is InChI=1S/C22H30/c1-13(2)19-11-21(17(7)9-15(19)5)22-12-20(14(3)4)16(6)10-18(22)8/h9-14H,1-8H3. The van der Waals surface area contributed by atoms with Crippen LogP contribution in [0.5, 0.6) is 0 Å². The highest BCUT2D eigenvalue weighted by Crippen LogP contribution is 2.34. The van der Waals surface area contributed by atoms with Crippen molar-refractivity contribution >= 4 is 0 Å². The van der Waals surface area contributed by atoms with E-state index in [1.807, 2.05) is 0 Å². The second kappa shape index (κ2) is 6.28. The highest BCUT2D eigenvalue weighted by molar-refractivity contribution is 5.73. The molecule has 0 heterocycles. The molecule has 22 heavy (non-hydrogen) atoms. The summed E-state index contributed by atoms with van der Waals surface area (Å²) in [5.41, 5.74) is 11.3. The molecule has 0 bridgehead atoms. The van der Waals surface area contributed by atoms with Gasteiger partial charge < -0.3 is 0 Å². The van der Waals surface area contributed by atoms with Crippen molar-refractivity contribution in [3.63, 3.8) is 0 Å². The van der Waals surface area contributed by atoms with Crippen molar-refractivity contribution in [2.24, 2.45) is 0 Å². The second-order valence-corrected chi connectivity index (χ2v) is 7.36. The molecule has 0 unspecified atom stereocenters. The maximum Gasteiger partial charge on any atom is -0.0149 e. The van der Waals surface area contributed by atoms with Gasteiger partial charge in [-0.15, -0.1) is 0 Å². The molecule has 0 N–H and O–H groups in total. The predicted molar refractivity (Wildman–Crippen MR) is 99.0 cm³/mol. The Balaban J connectivity index is 2.71. The summed E-state index contributed by atoms with van der Waals surface area (Å²) in [6.07, 6.45) is 0. The van der Waals surface area contributed by atoms with Crippen LogP contribution >= 0.6 is 0 Å². The maximum absolute atomic E-state index is 2.41. The van der Waals surface area contributed by atoms with Crippen LogP contribution in [-0.2, 0) is 0 Å². The number of benzene rings is 2. The quantitative estimate of drug-likeness (QED) is 0.581. The highest BCUT2D eigenvalue weighted by atomic mass is 14.2. The topological polar surface area (TPSA) is 0 Å². The van der Waals surface area contributed by atoms with Crippen molar-refractivity contribution in [2.45, 2.75) is 67.2 Å². The van der Waals surface area contributed by atoms with E-state index in [0.29, 0.717) is 11.8 Å². The summed E-state index contributed by atoms with van der Waals surface area (Å²) >= 11 is 0. The van der Waals surface area contributed by atoms with Gasteiger partial charge in [0.15, 0.2) is 0 Å². The summed E-state index contributed by atoms with van der Waals surface area (Å²) in [6.45, 7) is 18.1. The van der Waals surface area contributed by atoms with Gasteiger partial charge in [-0.3, -0.25) is 0 Å². The molecule has 0 spiro atoms. The van der Waals surface area contributed by atoms with Crippen molar-refractivity contribution in [2.75, 3.05) is 0 Å². The summed E-state index contributed by atoms with van der Waals surface area (Å²) in [5, 5.41) is 0. The van der Waals surface area contributed by atoms with Crippen LogP contribution in [0.2, 0.25) is 0 Å². The molecule has 2 rings (SSSR count). The Bertz CT molecular complexity index is 626. The monoisotopic (exact) mass is 294 g/mol. The molecule has 0 saturated carbocycles. The van der Waals surface area contributed by atoms with Gasteiger partial charge >= 0.3 is 0 Å². The van der Waals surface area contributed by atoms with Crippen LogP contribution in [-0.4, -0.2) is 0 Å². The van der Waals surface area contributed by atoms with E-state index >= 15 is 0 Å². The van der Waals surface area contributed by atoms with Gasteiger partial charge in [-0.05, 0) is 84.0 Å². The Morgan fingerprint density at radius 1 is 0.500 bits per heavy atom. The van der Waals surface area contributed by atoms with Crippen LogP contribution in [0.4, 0.5) is 0 Å². The molecule has 0 aliphatic rings. The van der Waals surface area contributed by atoms with Gasteiger partial charge in [-0.1, -0.05) is 52.0 Å². The second-order valence-electron chi connectivity index (χ2n) is 7.36. The van der Waals surface area contributed by atoms with Gasteiger partial charge in [-0.2, -0.15) is 0 Å². The van der Waals surface area contributed by atoms with Gasteiger partial charge in [0.2, 0.25) is 0 Å². The fourth-order valence-electron chi connectivity index (χ4n) is 3.56. The van der Waals surface area contributed by atoms with E-state index in [4.69, 9.17) is 0 Å². The van der Waals surface area contributed by atoms with E-state index in [1.54, 1.807) is 0 Å². The zero-order chi connectivity index (χ0) is 16.6. The Hall–Kier alpha value is -1.56. The van der Waals surface area contributed by atoms with Gasteiger partial charge in [0.1, 0.15) is 0 Å². The highest BCUT2D eigenvalue weighted by Gasteiger charge is 2.14. The van der Waals surface area contributed by atoms with Crippen LogP contribution in [0.25, 0.3) is 11.1 Å². The van der Waals surface area contributed by atoms with E-state index in [0.717, 1.165) is 0 Å². The summed E-state index contributed by atoms with van der Waals surface area (Å²) in [7, 11) is 0. The predicted octanol–water partition coefficient (Wildman–Crippen LogP) is 6.83. The molecule has 2 aromatic carbocycles. The third-order valence-electron chi connectivity index (χ3n) is 4.76. The third-order valence-corrected chi connectivity index (χ3v) is 4.76. The van der Waals surface area contributed by atoms with Gasteiger partial charge in [0.25, 0.3) is 0 Å². The van der Waals surface area contributed by atoms with E-state index in [-0.39, 0.29) is 0 Å². The summed E-state index contributed by atoms with van der Waals surface area (Å²) in [5.74, 6) is 1.13. The largest absolute Gasteiger partial charge is 0.0587 e. The number of aryl methyl sites for hydroxylation is 4. The molecule has 0 fully saturated rings. The van der Waals surface area contributed by atoms with E-state index in [1.165, 1.54) is 44.5 Å². The van der Waals surface area contributed by atoms with Gasteiger partial charge in [0, 0.05) is 0 Å². The normalized spacial score (nSPS) is 11.5. The zero-order valence-electron chi connectivity index (χ0n) is 15.5. The van der Waals surface area contributed by atoms with Crippen molar-refractivity contribution in [1.29, 1.82) is 0 Å². The molecule has 0 aromatic heterocycles. The molecule has 118 valence electrons. The molecule has 0 heteroatoms. The Morgan fingerprint density at radius 3 is 1.09 bits per heavy atom. The van der Waals surface area contributed by atoms with Crippen LogP contribution in [0.3, 0.4) is 0 Å². The molecule has 0 atom stereocenters. The number of hydrogen-bond donors (Lipinski definition) is 0. The molecule has 0 amide bonds. The minimum atomic E-state index is 0.565. The van der Waals surface area contributed by atoms with Gasteiger partial charge in [0.05, 0.1) is 0 Å². The first-order chi connectivity index (χ1) is 10.2. The average molecular weight is 294 g/mol.